The molecule has 0 saturated carbocycles. The number of nitrogens with one attached hydrogen (secondary N) is 1. The molecule has 0 aliphatic carbocycles. The Kier molecular flexibility index (Phi) is 5.18. The van der Waals surface area contributed by atoms with E-state index in [9.17, 15) is 0 Å². The molecule has 4 nitrogen and oxygen atoms in total. The summed E-state index contributed by atoms with van der Waals surface area (Å²) in [5.41, 5.74) is 1.99. The van der Waals surface area contributed by atoms with E-state index >= 15 is 0 Å². The summed E-state index contributed by atoms with van der Waals surface area (Å²) in [5, 5.41) is 4.18. The van der Waals surface area contributed by atoms with Gasteiger partial charge >= 0.3 is 0 Å². The predicted molar refractivity (Wildman–Crippen MR) is 94.4 cm³/mol. The van der Waals surface area contributed by atoms with Gasteiger partial charge in [0, 0.05) is 10.6 Å². The molecule has 0 fully saturated rings. The van der Waals surface area contributed by atoms with Crippen LogP contribution >= 0.6 is 11.6 Å². The average Bonchev–Trinajstić information content (AvgIpc) is 3.02. The van der Waals surface area contributed by atoms with Gasteiger partial charge in [-0.25, -0.2) is 4.98 Å². The number of ether oxygens (including phenoxy) is 1. The van der Waals surface area contributed by atoms with E-state index in [4.69, 9.17) is 20.8 Å². The van der Waals surface area contributed by atoms with Gasteiger partial charge < -0.3 is 9.15 Å². The van der Waals surface area contributed by atoms with E-state index in [1.807, 2.05) is 55.5 Å². The molecule has 1 aromatic heterocycles. The van der Waals surface area contributed by atoms with Gasteiger partial charge in [0.2, 0.25) is 5.89 Å². The van der Waals surface area contributed by atoms with Gasteiger partial charge in [-0.3, -0.25) is 5.32 Å². The summed E-state index contributed by atoms with van der Waals surface area (Å²) in [5.74, 6) is 2.23. The van der Waals surface area contributed by atoms with Crippen molar-refractivity contribution in [3.05, 3.63) is 82.5 Å². The Balaban J connectivity index is 1.96. The van der Waals surface area contributed by atoms with Crippen molar-refractivity contribution >= 4 is 11.6 Å². The Bertz CT molecular complexity index is 816. The summed E-state index contributed by atoms with van der Waals surface area (Å²) in [6, 6.07) is 15.5. The van der Waals surface area contributed by atoms with E-state index < -0.39 is 0 Å². The van der Waals surface area contributed by atoms with Gasteiger partial charge in [-0.2, -0.15) is 0 Å². The van der Waals surface area contributed by atoms with Crippen LogP contribution in [0.15, 0.2) is 59.1 Å². The number of aryl methyl sites for hydroxylation is 1. The fourth-order valence-corrected chi connectivity index (χ4v) is 2.92. The molecule has 1 heterocycles. The Labute approximate surface area is 146 Å². The molecule has 0 amide bonds. The van der Waals surface area contributed by atoms with Crippen LogP contribution in [0.5, 0.6) is 5.75 Å². The van der Waals surface area contributed by atoms with Crippen molar-refractivity contribution in [1.29, 1.82) is 0 Å². The number of methoxy groups -OCH3 is 1. The van der Waals surface area contributed by atoms with Crippen LogP contribution in [0.1, 0.15) is 28.8 Å². The highest BCUT2D eigenvalue weighted by molar-refractivity contribution is 6.31. The first-order chi connectivity index (χ1) is 11.7. The quantitative estimate of drug-likeness (QED) is 0.715. The number of nitrogens with zero attached hydrogens (tertiary/aromatic N) is 1. The molecular formula is C19H19ClN2O2. The number of hydrogen-bond acceptors (Lipinski definition) is 4. The van der Waals surface area contributed by atoms with Gasteiger partial charge in [0.1, 0.15) is 11.5 Å². The first-order valence-electron chi connectivity index (χ1n) is 7.71. The second-order valence-corrected chi connectivity index (χ2v) is 5.85. The molecule has 1 atom stereocenters. The average molecular weight is 343 g/mol. The third-order valence-electron chi connectivity index (χ3n) is 3.79. The monoisotopic (exact) mass is 342 g/mol. The lowest BCUT2D eigenvalue weighted by Crippen LogP contribution is -2.23. The molecule has 3 rings (SSSR count). The highest BCUT2D eigenvalue weighted by atomic mass is 35.5. The summed E-state index contributed by atoms with van der Waals surface area (Å²) in [6.45, 7) is 2.37. The van der Waals surface area contributed by atoms with Gasteiger partial charge in [-0.1, -0.05) is 48.0 Å². The van der Waals surface area contributed by atoms with Crippen LogP contribution in [-0.4, -0.2) is 12.1 Å². The van der Waals surface area contributed by atoms with Crippen LogP contribution in [0, 0.1) is 6.92 Å². The zero-order valence-corrected chi connectivity index (χ0v) is 14.4. The van der Waals surface area contributed by atoms with Gasteiger partial charge in [0.25, 0.3) is 0 Å². The fraction of sp³-hybridized carbons (Fsp3) is 0.211. The third kappa shape index (κ3) is 3.61. The van der Waals surface area contributed by atoms with Crippen LogP contribution in [0.2, 0.25) is 5.02 Å². The molecule has 5 heteroatoms. The van der Waals surface area contributed by atoms with E-state index in [2.05, 4.69) is 10.3 Å². The number of oxazole rings is 1. The molecule has 2 aromatic carbocycles. The molecular weight excluding hydrogens is 324 g/mol. The minimum Gasteiger partial charge on any atom is -0.496 e. The number of halogens is 1. The molecule has 3 aromatic rings. The van der Waals surface area contributed by atoms with Crippen LogP contribution < -0.4 is 10.1 Å². The summed E-state index contributed by atoms with van der Waals surface area (Å²) >= 11 is 6.43. The fourth-order valence-electron chi connectivity index (χ4n) is 2.67. The lowest BCUT2D eigenvalue weighted by molar-refractivity contribution is 0.398. The van der Waals surface area contributed by atoms with E-state index in [1.165, 1.54) is 0 Å². The number of benzene rings is 2. The normalized spacial score (nSPS) is 12.1. The van der Waals surface area contributed by atoms with Gasteiger partial charge in [-0.15, -0.1) is 0 Å². The highest BCUT2D eigenvalue weighted by Gasteiger charge is 2.20. The van der Waals surface area contributed by atoms with E-state index in [0.29, 0.717) is 17.5 Å². The molecule has 0 unspecified atom stereocenters. The lowest BCUT2D eigenvalue weighted by atomic mass is 9.97. The Morgan fingerprint density at radius 1 is 1.12 bits per heavy atom. The van der Waals surface area contributed by atoms with Gasteiger partial charge in [0.05, 0.1) is 25.9 Å². The maximum atomic E-state index is 6.43. The second-order valence-electron chi connectivity index (χ2n) is 5.44. The van der Waals surface area contributed by atoms with Crippen LogP contribution in [-0.2, 0) is 6.54 Å². The predicted octanol–water partition coefficient (Wildman–Crippen LogP) is 4.52. The van der Waals surface area contributed by atoms with Crippen molar-refractivity contribution in [1.82, 2.24) is 10.3 Å². The zero-order valence-electron chi connectivity index (χ0n) is 13.6. The highest BCUT2D eigenvalue weighted by Crippen LogP contribution is 2.33. The lowest BCUT2D eigenvalue weighted by Gasteiger charge is -2.22. The second kappa shape index (κ2) is 7.51. The minimum atomic E-state index is -0.137. The minimum absolute atomic E-state index is 0.137. The molecule has 0 aliphatic heterocycles. The number of para-hydroxylation sites is 1. The van der Waals surface area contributed by atoms with Crippen LogP contribution in [0.4, 0.5) is 0 Å². The molecule has 0 saturated heterocycles. The van der Waals surface area contributed by atoms with Crippen molar-refractivity contribution < 1.29 is 9.15 Å². The van der Waals surface area contributed by atoms with Crippen molar-refractivity contribution in [2.24, 2.45) is 0 Å². The maximum absolute atomic E-state index is 6.43. The molecule has 0 bridgehead atoms. The third-order valence-corrected chi connectivity index (χ3v) is 4.14. The number of aromatic nitrogens is 1. The summed E-state index contributed by atoms with van der Waals surface area (Å²) < 4.78 is 11.1. The van der Waals surface area contributed by atoms with Crippen molar-refractivity contribution in [3.63, 3.8) is 0 Å². The van der Waals surface area contributed by atoms with E-state index in [0.717, 1.165) is 22.6 Å². The Hall–Kier alpha value is -2.30. The Morgan fingerprint density at radius 2 is 1.83 bits per heavy atom. The topological polar surface area (TPSA) is 47.3 Å². The molecule has 24 heavy (non-hydrogen) atoms. The Morgan fingerprint density at radius 3 is 2.50 bits per heavy atom. The van der Waals surface area contributed by atoms with E-state index in [1.54, 1.807) is 13.3 Å². The number of hydrogen-bond donors (Lipinski definition) is 1. The summed E-state index contributed by atoms with van der Waals surface area (Å²) in [7, 11) is 1.67. The first-order valence-corrected chi connectivity index (χ1v) is 8.09. The largest absolute Gasteiger partial charge is 0.496 e. The van der Waals surface area contributed by atoms with Crippen LogP contribution in [0.25, 0.3) is 0 Å². The van der Waals surface area contributed by atoms with Crippen LogP contribution in [0.3, 0.4) is 0 Å². The van der Waals surface area contributed by atoms with Gasteiger partial charge in [-0.05, 0) is 24.6 Å². The molecule has 0 radical (unpaired) electrons. The maximum Gasteiger partial charge on any atom is 0.208 e. The summed E-state index contributed by atoms with van der Waals surface area (Å²) in [6.07, 6.45) is 1.71. The van der Waals surface area contributed by atoms with Gasteiger partial charge in [0.15, 0.2) is 0 Å². The molecule has 1 N–H and O–H groups in total. The SMILES string of the molecule is COc1ccccc1[C@@H](NCc1ncc(C)o1)c1ccccc1Cl. The zero-order chi connectivity index (χ0) is 16.9. The standard InChI is InChI=1S/C19H19ClN2O2/c1-13-11-21-18(24-13)12-22-19(14-7-3-5-9-16(14)20)15-8-4-6-10-17(15)23-2/h3-11,19,22H,12H2,1-2H3/t19-/m0/s1. The molecule has 124 valence electrons. The smallest absolute Gasteiger partial charge is 0.208 e. The van der Waals surface area contributed by atoms with E-state index in [-0.39, 0.29) is 6.04 Å². The van der Waals surface area contributed by atoms with Crippen molar-refractivity contribution in [2.75, 3.05) is 7.11 Å². The molecule has 0 spiro atoms. The summed E-state index contributed by atoms with van der Waals surface area (Å²) in [4.78, 5) is 4.25. The molecule has 0 aliphatic rings. The van der Waals surface area contributed by atoms with Crippen molar-refractivity contribution in [3.8, 4) is 5.75 Å². The first kappa shape index (κ1) is 16.6. The number of rotatable bonds is 6. The van der Waals surface area contributed by atoms with Crippen molar-refractivity contribution in [2.45, 2.75) is 19.5 Å².